The zero-order valence-corrected chi connectivity index (χ0v) is 12.2. The van der Waals surface area contributed by atoms with Gasteiger partial charge in [-0.05, 0) is 26.3 Å². The highest BCUT2D eigenvalue weighted by atomic mass is 16.6. The maximum Gasteiger partial charge on any atom is 0.336 e. The molecule has 6 nitrogen and oxygen atoms in total. The Morgan fingerprint density at radius 1 is 1.50 bits per heavy atom. The van der Waals surface area contributed by atoms with E-state index in [1.165, 1.54) is 6.07 Å². The van der Waals surface area contributed by atoms with Gasteiger partial charge in [-0.2, -0.15) is 0 Å². The molecule has 110 valence electrons. The fraction of sp³-hybridized carbons (Fsp3) is 0.500. The molecule has 0 aliphatic heterocycles. The lowest BCUT2D eigenvalue weighted by Crippen LogP contribution is -2.29. The summed E-state index contributed by atoms with van der Waals surface area (Å²) in [5, 5.41) is 20.2. The summed E-state index contributed by atoms with van der Waals surface area (Å²) in [6.07, 6.45) is 1.92. The maximum absolute atomic E-state index is 11.1. The minimum absolute atomic E-state index is 0.0622. The average Bonchev–Trinajstić information content (AvgIpc) is 2.37. The Balaban J connectivity index is 3.37. The van der Waals surface area contributed by atoms with E-state index in [1.807, 2.05) is 18.9 Å². The molecule has 6 heteroatoms. The molecule has 0 heterocycles. The molecular formula is C14H20N2O4. The van der Waals surface area contributed by atoms with Gasteiger partial charge in [-0.1, -0.05) is 13.3 Å². The summed E-state index contributed by atoms with van der Waals surface area (Å²) in [5.41, 5.74) is 0.867. The largest absolute Gasteiger partial charge is 0.478 e. The monoisotopic (exact) mass is 280 g/mol. The van der Waals surface area contributed by atoms with E-state index in [-0.39, 0.29) is 17.3 Å². The van der Waals surface area contributed by atoms with Gasteiger partial charge in [-0.15, -0.1) is 0 Å². The van der Waals surface area contributed by atoms with E-state index in [2.05, 4.69) is 6.92 Å². The van der Waals surface area contributed by atoms with E-state index < -0.39 is 10.9 Å². The summed E-state index contributed by atoms with van der Waals surface area (Å²) in [6, 6.07) is 2.79. The number of aromatic carboxylic acids is 1. The van der Waals surface area contributed by atoms with Crippen molar-refractivity contribution in [1.82, 2.24) is 0 Å². The number of rotatable bonds is 6. The summed E-state index contributed by atoms with van der Waals surface area (Å²) < 4.78 is 0. The lowest BCUT2D eigenvalue weighted by atomic mass is 10.0. The molecule has 1 rings (SSSR count). The summed E-state index contributed by atoms with van der Waals surface area (Å²) in [5.74, 6) is -1.16. The van der Waals surface area contributed by atoms with Crippen LogP contribution in [0.15, 0.2) is 12.1 Å². The molecule has 20 heavy (non-hydrogen) atoms. The third-order valence-corrected chi connectivity index (χ3v) is 3.54. The first-order valence-corrected chi connectivity index (χ1v) is 6.54. The number of carbonyl (C=O) groups is 1. The third-order valence-electron chi connectivity index (χ3n) is 3.54. The lowest BCUT2D eigenvalue weighted by Gasteiger charge is -2.28. The standard InChI is InChI=1S/C14H20N2O4/c1-5-6-9(2)15(4)12-7-11(14(17)18)8-13(10(12)3)16(19)20/h7-9H,5-6H2,1-4H3,(H,17,18). The van der Waals surface area contributed by atoms with Crippen molar-refractivity contribution < 1.29 is 14.8 Å². The predicted molar refractivity (Wildman–Crippen MR) is 77.6 cm³/mol. The first-order valence-electron chi connectivity index (χ1n) is 6.54. The van der Waals surface area contributed by atoms with E-state index >= 15 is 0 Å². The van der Waals surface area contributed by atoms with Crippen molar-refractivity contribution in [2.75, 3.05) is 11.9 Å². The molecule has 0 aliphatic rings. The zero-order chi connectivity index (χ0) is 15.4. The fourth-order valence-corrected chi connectivity index (χ4v) is 2.21. The molecule has 1 aromatic carbocycles. The van der Waals surface area contributed by atoms with Gasteiger partial charge in [0.2, 0.25) is 0 Å². The number of nitrogens with zero attached hydrogens (tertiary/aromatic N) is 2. The highest BCUT2D eigenvalue weighted by molar-refractivity contribution is 5.90. The minimum Gasteiger partial charge on any atom is -0.478 e. The van der Waals surface area contributed by atoms with Gasteiger partial charge < -0.3 is 10.0 Å². The van der Waals surface area contributed by atoms with E-state index in [4.69, 9.17) is 5.11 Å². The highest BCUT2D eigenvalue weighted by Crippen LogP contribution is 2.31. The molecule has 0 radical (unpaired) electrons. The quantitative estimate of drug-likeness (QED) is 0.639. The number of carboxylic acids is 1. The number of anilines is 1. The second-order valence-corrected chi connectivity index (χ2v) is 4.95. The number of nitro benzene ring substituents is 1. The Kier molecular flexibility index (Phi) is 5.07. The van der Waals surface area contributed by atoms with Crippen LogP contribution in [0.1, 0.15) is 42.6 Å². The van der Waals surface area contributed by atoms with Gasteiger partial charge >= 0.3 is 5.97 Å². The Hall–Kier alpha value is -2.11. The van der Waals surface area contributed by atoms with Gasteiger partial charge in [0.25, 0.3) is 5.69 Å². The molecule has 1 aromatic rings. The van der Waals surface area contributed by atoms with Crippen molar-refractivity contribution in [3.05, 3.63) is 33.4 Å². The number of benzene rings is 1. The Morgan fingerprint density at radius 2 is 2.10 bits per heavy atom. The van der Waals surface area contributed by atoms with Gasteiger partial charge in [0.05, 0.1) is 16.1 Å². The van der Waals surface area contributed by atoms with E-state index in [9.17, 15) is 14.9 Å². The van der Waals surface area contributed by atoms with Gasteiger partial charge in [-0.3, -0.25) is 10.1 Å². The Labute approximate surface area is 118 Å². The predicted octanol–water partition coefficient (Wildman–Crippen LogP) is 3.23. The molecule has 0 saturated carbocycles. The molecule has 0 fully saturated rings. The van der Waals surface area contributed by atoms with Crippen molar-refractivity contribution in [2.24, 2.45) is 0 Å². The van der Waals surface area contributed by atoms with E-state index in [1.54, 1.807) is 6.92 Å². The van der Waals surface area contributed by atoms with Crippen LogP contribution in [0.3, 0.4) is 0 Å². The Morgan fingerprint density at radius 3 is 2.55 bits per heavy atom. The highest BCUT2D eigenvalue weighted by Gasteiger charge is 2.22. The molecule has 1 N–H and O–H groups in total. The molecule has 0 saturated heterocycles. The van der Waals surface area contributed by atoms with Crippen LogP contribution in [0, 0.1) is 17.0 Å². The van der Waals surface area contributed by atoms with Crippen LogP contribution < -0.4 is 4.90 Å². The normalized spacial score (nSPS) is 12.0. The minimum atomic E-state index is -1.16. The van der Waals surface area contributed by atoms with Crippen LogP contribution >= 0.6 is 0 Å². The van der Waals surface area contributed by atoms with Gasteiger partial charge in [0.15, 0.2) is 0 Å². The topological polar surface area (TPSA) is 83.7 Å². The molecule has 0 spiro atoms. The summed E-state index contributed by atoms with van der Waals surface area (Å²) in [4.78, 5) is 23.5. The van der Waals surface area contributed by atoms with Crippen LogP contribution in [0.5, 0.6) is 0 Å². The van der Waals surface area contributed by atoms with Crippen molar-refractivity contribution in [2.45, 2.75) is 39.7 Å². The average molecular weight is 280 g/mol. The maximum atomic E-state index is 11.1. The lowest BCUT2D eigenvalue weighted by molar-refractivity contribution is -0.385. The third kappa shape index (κ3) is 3.26. The molecular weight excluding hydrogens is 260 g/mol. The second kappa shape index (κ2) is 6.36. The van der Waals surface area contributed by atoms with Crippen molar-refractivity contribution >= 4 is 17.3 Å². The molecule has 0 aliphatic carbocycles. The van der Waals surface area contributed by atoms with Crippen LogP contribution in [0.4, 0.5) is 11.4 Å². The summed E-state index contributed by atoms with van der Waals surface area (Å²) in [6.45, 7) is 5.73. The number of carboxylic acid groups (broad SMARTS) is 1. The number of nitro groups is 1. The smallest absolute Gasteiger partial charge is 0.336 e. The van der Waals surface area contributed by atoms with Gasteiger partial charge in [-0.25, -0.2) is 4.79 Å². The van der Waals surface area contributed by atoms with Crippen LogP contribution in [0.25, 0.3) is 0 Å². The second-order valence-electron chi connectivity index (χ2n) is 4.95. The summed E-state index contributed by atoms with van der Waals surface area (Å²) >= 11 is 0. The molecule has 1 atom stereocenters. The Bertz CT molecular complexity index is 528. The van der Waals surface area contributed by atoms with E-state index in [0.717, 1.165) is 18.9 Å². The summed E-state index contributed by atoms with van der Waals surface area (Å²) in [7, 11) is 1.83. The number of hydrogen-bond donors (Lipinski definition) is 1. The van der Waals surface area contributed by atoms with Crippen LogP contribution in [-0.4, -0.2) is 29.1 Å². The molecule has 1 unspecified atom stereocenters. The zero-order valence-electron chi connectivity index (χ0n) is 12.2. The van der Waals surface area contributed by atoms with Gasteiger partial charge in [0.1, 0.15) is 0 Å². The number of hydrogen-bond acceptors (Lipinski definition) is 4. The molecule has 0 amide bonds. The molecule has 0 aromatic heterocycles. The van der Waals surface area contributed by atoms with E-state index in [0.29, 0.717) is 11.3 Å². The van der Waals surface area contributed by atoms with Crippen molar-refractivity contribution in [3.63, 3.8) is 0 Å². The first-order chi connectivity index (χ1) is 9.29. The molecule has 0 bridgehead atoms. The van der Waals surface area contributed by atoms with Gasteiger partial charge in [0, 0.05) is 24.8 Å². The fourth-order valence-electron chi connectivity index (χ4n) is 2.21. The first kappa shape index (κ1) is 15.9. The van der Waals surface area contributed by atoms with Crippen molar-refractivity contribution in [3.8, 4) is 0 Å². The van der Waals surface area contributed by atoms with Crippen LogP contribution in [-0.2, 0) is 0 Å². The SMILES string of the molecule is CCCC(C)N(C)c1cc(C(=O)O)cc([N+](=O)[O-])c1C. The van der Waals surface area contributed by atoms with Crippen LogP contribution in [0.2, 0.25) is 0 Å². The van der Waals surface area contributed by atoms with Crippen molar-refractivity contribution in [1.29, 1.82) is 0 Å².